The molecule has 0 aliphatic rings. The fourth-order valence-corrected chi connectivity index (χ4v) is 1.68. The highest BCUT2D eigenvalue weighted by atomic mass is 16.4. The SMILES string of the molecule is CNCC=Cc1ccc2[nH]c(C(=O)O)cc2c1. The Hall–Kier alpha value is -2.07. The molecule has 1 aromatic carbocycles. The van der Waals surface area contributed by atoms with Gasteiger partial charge in [0.1, 0.15) is 5.69 Å². The van der Waals surface area contributed by atoms with Gasteiger partial charge in [0.2, 0.25) is 0 Å². The van der Waals surface area contributed by atoms with Gasteiger partial charge in [-0.3, -0.25) is 0 Å². The summed E-state index contributed by atoms with van der Waals surface area (Å²) in [5.41, 5.74) is 2.12. The van der Waals surface area contributed by atoms with Crippen molar-refractivity contribution < 1.29 is 9.90 Å². The Morgan fingerprint density at radius 1 is 1.47 bits per heavy atom. The molecule has 0 saturated carbocycles. The number of aromatic amines is 1. The predicted octanol–water partition coefficient (Wildman–Crippen LogP) is 2.10. The minimum Gasteiger partial charge on any atom is -0.477 e. The molecule has 1 aromatic heterocycles. The van der Waals surface area contributed by atoms with Crippen LogP contribution in [-0.4, -0.2) is 29.7 Å². The van der Waals surface area contributed by atoms with Gasteiger partial charge in [-0.05, 0) is 30.8 Å². The summed E-state index contributed by atoms with van der Waals surface area (Å²) in [5, 5.41) is 12.8. The second-order valence-corrected chi connectivity index (χ2v) is 3.79. The third kappa shape index (κ3) is 2.54. The van der Waals surface area contributed by atoms with Crippen molar-refractivity contribution in [3.63, 3.8) is 0 Å². The first-order valence-corrected chi connectivity index (χ1v) is 5.38. The number of H-pyrrole nitrogens is 1. The highest BCUT2D eigenvalue weighted by Crippen LogP contribution is 2.18. The molecule has 2 rings (SSSR count). The molecule has 0 aliphatic carbocycles. The van der Waals surface area contributed by atoms with Crippen LogP contribution in [0.1, 0.15) is 16.1 Å². The van der Waals surface area contributed by atoms with Crippen molar-refractivity contribution in [2.75, 3.05) is 13.6 Å². The molecule has 0 radical (unpaired) electrons. The lowest BCUT2D eigenvalue weighted by atomic mass is 10.1. The first-order valence-electron chi connectivity index (χ1n) is 5.38. The van der Waals surface area contributed by atoms with Crippen LogP contribution < -0.4 is 5.32 Å². The Balaban J connectivity index is 2.33. The van der Waals surface area contributed by atoms with Crippen LogP contribution in [0.3, 0.4) is 0 Å². The Kier molecular flexibility index (Phi) is 3.25. The fourth-order valence-electron chi connectivity index (χ4n) is 1.68. The van der Waals surface area contributed by atoms with Crippen LogP contribution in [0.15, 0.2) is 30.3 Å². The van der Waals surface area contributed by atoms with Gasteiger partial charge in [-0.25, -0.2) is 4.79 Å². The Labute approximate surface area is 99.0 Å². The average molecular weight is 230 g/mol. The molecule has 0 aliphatic heterocycles. The van der Waals surface area contributed by atoms with Crippen LogP contribution in [-0.2, 0) is 0 Å². The molecule has 0 saturated heterocycles. The zero-order valence-corrected chi connectivity index (χ0v) is 9.53. The highest BCUT2D eigenvalue weighted by molar-refractivity contribution is 5.94. The maximum absolute atomic E-state index is 10.8. The van der Waals surface area contributed by atoms with Gasteiger partial charge >= 0.3 is 5.97 Å². The molecule has 2 aromatic rings. The van der Waals surface area contributed by atoms with Crippen molar-refractivity contribution >= 4 is 22.9 Å². The zero-order chi connectivity index (χ0) is 12.3. The molecule has 0 amide bonds. The average Bonchev–Trinajstić information content (AvgIpc) is 2.72. The van der Waals surface area contributed by atoms with Crippen LogP contribution in [0.25, 0.3) is 17.0 Å². The minimum absolute atomic E-state index is 0.219. The Morgan fingerprint density at radius 3 is 3.00 bits per heavy atom. The summed E-state index contributed by atoms with van der Waals surface area (Å²) in [6.07, 6.45) is 4.02. The number of carboxylic acids is 1. The number of aromatic carboxylic acids is 1. The number of benzene rings is 1. The van der Waals surface area contributed by atoms with E-state index in [0.29, 0.717) is 0 Å². The van der Waals surface area contributed by atoms with E-state index in [1.165, 1.54) is 0 Å². The van der Waals surface area contributed by atoms with Crippen molar-refractivity contribution in [1.29, 1.82) is 0 Å². The molecular formula is C13H14N2O2. The molecular weight excluding hydrogens is 216 g/mol. The largest absolute Gasteiger partial charge is 0.477 e. The van der Waals surface area contributed by atoms with E-state index in [4.69, 9.17) is 5.11 Å². The number of nitrogens with one attached hydrogen (secondary N) is 2. The predicted molar refractivity (Wildman–Crippen MR) is 68.2 cm³/mol. The summed E-state index contributed by atoms with van der Waals surface area (Å²) in [4.78, 5) is 13.7. The number of aromatic nitrogens is 1. The maximum Gasteiger partial charge on any atom is 0.352 e. The second kappa shape index (κ2) is 4.84. The van der Waals surface area contributed by atoms with Crippen LogP contribution >= 0.6 is 0 Å². The quantitative estimate of drug-likeness (QED) is 0.753. The monoisotopic (exact) mass is 230 g/mol. The summed E-state index contributed by atoms with van der Waals surface area (Å²) >= 11 is 0. The van der Waals surface area contributed by atoms with Gasteiger partial charge in [0.15, 0.2) is 0 Å². The normalized spacial score (nSPS) is 11.4. The van der Waals surface area contributed by atoms with E-state index < -0.39 is 5.97 Å². The number of hydrogen-bond acceptors (Lipinski definition) is 2. The molecule has 3 N–H and O–H groups in total. The molecule has 0 fully saturated rings. The minimum atomic E-state index is -0.937. The number of carbonyl (C=O) groups is 1. The molecule has 0 unspecified atom stereocenters. The van der Waals surface area contributed by atoms with Gasteiger partial charge in [-0.2, -0.15) is 0 Å². The molecule has 0 atom stereocenters. The van der Waals surface area contributed by atoms with Crippen LogP contribution in [0.5, 0.6) is 0 Å². The standard InChI is InChI=1S/C13H14N2O2/c1-14-6-2-3-9-4-5-11-10(7-9)8-12(15-11)13(16)17/h2-5,7-8,14-15H,6H2,1H3,(H,16,17). The van der Waals surface area contributed by atoms with Gasteiger partial charge in [0.05, 0.1) is 0 Å². The van der Waals surface area contributed by atoms with Crippen molar-refractivity contribution in [3.8, 4) is 0 Å². The molecule has 0 spiro atoms. The van der Waals surface area contributed by atoms with Crippen LogP contribution in [0.4, 0.5) is 0 Å². The first-order chi connectivity index (χ1) is 8.20. The lowest BCUT2D eigenvalue weighted by molar-refractivity contribution is 0.0691. The lowest BCUT2D eigenvalue weighted by Gasteiger charge is -1.94. The van der Waals surface area contributed by atoms with Crippen LogP contribution in [0, 0.1) is 0 Å². The molecule has 88 valence electrons. The molecule has 4 heteroatoms. The van der Waals surface area contributed by atoms with Gasteiger partial charge < -0.3 is 15.4 Å². The number of hydrogen-bond donors (Lipinski definition) is 3. The second-order valence-electron chi connectivity index (χ2n) is 3.79. The third-order valence-electron chi connectivity index (χ3n) is 2.51. The van der Waals surface area contributed by atoms with Gasteiger partial charge in [-0.15, -0.1) is 0 Å². The summed E-state index contributed by atoms with van der Waals surface area (Å²) < 4.78 is 0. The summed E-state index contributed by atoms with van der Waals surface area (Å²) in [5.74, 6) is -0.937. The van der Waals surface area contributed by atoms with Crippen molar-refractivity contribution in [2.24, 2.45) is 0 Å². The zero-order valence-electron chi connectivity index (χ0n) is 9.53. The van der Waals surface area contributed by atoms with E-state index in [0.717, 1.165) is 23.0 Å². The Bertz CT molecular complexity index is 570. The summed E-state index contributed by atoms with van der Waals surface area (Å²) in [6.45, 7) is 0.811. The van der Waals surface area contributed by atoms with Gasteiger partial charge in [0.25, 0.3) is 0 Å². The van der Waals surface area contributed by atoms with E-state index in [9.17, 15) is 4.79 Å². The topological polar surface area (TPSA) is 65.1 Å². The van der Waals surface area contributed by atoms with Gasteiger partial charge in [-0.1, -0.05) is 18.2 Å². The van der Waals surface area contributed by atoms with Crippen molar-refractivity contribution in [3.05, 3.63) is 41.6 Å². The molecule has 1 heterocycles. The number of likely N-dealkylation sites (N-methyl/N-ethyl adjacent to an activating group) is 1. The van der Waals surface area contributed by atoms with E-state index >= 15 is 0 Å². The van der Waals surface area contributed by atoms with Gasteiger partial charge in [0, 0.05) is 17.4 Å². The van der Waals surface area contributed by atoms with Crippen molar-refractivity contribution in [2.45, 2.75) is 0 Å². The fraction of sp³-hybridized carbons (Fsp3) is 0.154. The summed E-state index contributed by atoms with van der Waals surface area (Å²) in [6, 6.07) is 7.45. The Morgan fingerprint density at radius 2 is 2.29 bits per heavy atom. The summed E-state index contributed by atoms with van der Waals surface area (Å²) in [7, 11) is 1.89. The van der Waals surface area contributed by atoms with E-state index in [1.807, 2.05) is 37.4 Å². The van der Waals surface area contributed by atoms with E-state index in [2.05, 4.69) is 10.3 Å². The van der Waals surface area contributed by atoms with Crippen LogP contribution in [0.2, 0.25) is 0 Å². The van der Waals surface area contributed by atoms with E-state index in [1.54, 1.807) is 6.07 Å². The number of fused-ring (bicyclic) bond motifs is 1. The molecule has 17 heavy (non-hydrogen) atoms. The first kappa shape index (κ1) is 11.4. The number of rotatable bonds is 4. The number of carboxylic acid groups (broad SMARTS) is 1. The van der Waals surface area contributed by atoms with E-state index in [-0.39, 0.29) is 5.69 Å². The lowest BCUT2D eigenvalue weighted by Crippen LogP contribution is -2.03. The molecule has 4 nitrogen and oxygen atoms in total. The third-order valence-corrected chi connectivity index (χ3v) is 2.51. The highest BCUT2D eigenvalue weighted by Gasteiger charge is 2.06. The smallest absolute Gasteiger partial charge is 0.352 e. The van der Waals surface area contributed by atoms with Crippen molar-refractivity contribution in [1.82, 2.24) is 10.3 Å². The molecule has 0 bridgehead atoms. The maximum atomic E-state index is 10.8.